The molecule has 0 heterocycles. The van der Waals surface area contributed by atoms with Crippen molar-refractivity contribution >= 4 is 18.4 Å². The molecule has 0 unspecified atom stereocenters. The fourth-order valence-corrected chi connectivity index (χ4v) is 1.10. The van der Waals surface area contributed by atoms with E-state index in [1.807, 2.05) is 0 Å². The van der Waals surface area contributed by atoms with Crippen LogP contribution in [-0.4, -0.2) is 33.7 Å². The van der Waals surface area contributed by atoms with Crippen LogP contribution in [0.1, 0.15) is 26.3 Å². The molecule has 0 radical (unpaired) electrons. The first kappa shape index (κ1) is 13.6. The highest BCUT2D eigenvalue weighted by Gasteiger charge is 2.13. The molecular formula is C10H10O6. The fraction of sp³-hybridized carbons (Fsp3) is 0.100. The molecule has 0 fully saturated rings. The topological polar surface area (TPSA) is 112 Å². The number of hydrogen-bond acceptors (Lipinski definition) is 3. The smallest absolute Gasteiger partial charge is 0.335 e. The molecule has 0 aliphatic rings. The predicted molar refractivity (Wildman–Crippen MR) is 53.8 cm³/mol. The molecule has 0 amide bonds. The SMILES string of the molecule is Cc1c(C(=O)O)cccc1C(=O)O.O=CO. The Morgan fingerprint density at radius 3 is 1.69 bits per heavy atom. The van der Waals surface area contributed by atoms with Gasteiger partial charge in [0, 0.05) is 0 Å². The minimum absolute atomic E-state index is 0.0277. The van der Waals surface area contributed by atoms with Crippen LogP contribution in [0.4, 0.5) is 0 Å². The van der Waals surface area contributed by atoms with Gasteiger partial charge in [0.25, 0.3) is 6.47 Å². The van der Waals surface area contributed by atoms with E-state index in [1.54, 1.807) is 0 Å². The standard InChI is InChI=1S/C9H8O4.CH2O2/c1-5-6(8(10)11)3-2-4-7(5)9(12)13;2-1-3/h2-4H,1H3,(H,10,11)(H,12,13);1H,(H,2,3). The Labute approximate surface area is 90.8 Å². The Kier molecular flexibility index (Phi) is 5.26. The quantitative estimate of drug-likeness (QED) is 0.651. The summed E-state index contributed by atoms with van der Waals surface area (Å²) in [7, 11) is 0. The van der Waals surface area contributed by atoms with Crippen molar-refractivity contribution in [2.45, 2.75) is 6.92 Å². The van der Waals surface area contributed by atoms with Crippen molar-refractivity contribution in [2.75, 3.05) is 0 Å². The molecule has 0 atom stereocenters. The Bertz CT molecular complexity index is 378. The van der Waals surface area contributed by atoms with Crippen molar-refractivity contribution in [3.8, 4) is 0 Å². The maximum atomic E-state index is 10.6. The third-order valence-corrected chi connectivity index (χ3v) is 1.79. The van der Waals surface area contributed by atoms with Gasteiger partial charge < -0.3 is 15.3 Å². The predicted octanol–water partition coefficient (Wildman–Crippen LogP) is 1.09. The van der Waals surface area contributed by atoms with Gasteiger partial charge in [-0.2, -0.15) is 0 Å². The van der Waals surface area contributed by atoms with Gasteiger partial charge >= 0.3 is 11.9 Å². The van der Waals surface area contributed by atoms with Crippen LogP contribution in [-0.2, 0) is 4.79 Å². The summed E-state index contributed by atoms with van der Waals surface area (Å²) >= 11 is 0. The van der Waals surface area contributed by atoms with Crippen molar-refractivity contribution in [3.63, 3.8) is 0 Å². The lowest BCUT2D eigenvalue weighted by atomic mass is 10.0. The average molecular weight is 226 g/mol. The summed E-state index contributed by atoms with van der Waals surface area (Å²) in [5.41, 5.74) is 0.335. The number of carboxylic acids is 2. The largest absolute Gasteiger partial charge is 0.483 e. The second-order valence-electron chi connectivity index (χ2n) is 2.69. The summed E-state index contributed by atoms with van der Waals surface area (Å²) in [5, 5.41) is 24.2. The van der Waals surface area contributed by atoms with Gasteiger partial charge in [0.2, 0.25) is 0 Å². The Balaban J connectivity index is 0.000000673. The second kappa shape index (κ2) is 6.18. The lowest BCUT2D eigenvalue weighted by molar-refractivity contribution is -0.122. The molecule has 6 heteroatoms. The van der Waals surface area contributed by atoms with E-state index in [0.29, 0.717) is 0 Å². The molecule has 1 aromatic rings. The number of hydrogen-bond donors (Lipinski definition) is 3. The lowest BCUT2D eigenvalue weighted by Gasteiger charge is -2.03. The minimum Gasteiger partial charge on any atom is -0.483 e. The summed E-state index contributed by atoms with van der Waals surface area (Å²) in [6.07, 6.45) is 0. The van der Waals surface area contributed by atoms with Gasteiger partial charge in [-0.25, -0.2) is 9.59 Å². The Hall–Kier alpha value is -2.37. The lowest BCUT2D eigenvalue weighted by Crippen LogP contribution is -2.06. The van der Waals surface area contributed by atoms with E-state index in [0.717, 1.165) is 0 Å². The van der Waals surface area contributed by atoms with Crippen LogP contribution in [0.5, 0.6) is 0 Å². The molecule has 0 aliphatic heterocycles. The molecular weight excluding hydrogens is 216 g/mol. The van der Waals surface area contributed by atoms with Crippen LogP contribution >= 0.6 is 0 Å². The molecule has 0 saturated heterocycles. The van der Waals surface area contributed by atoms with Crippen LogP contribution in [0.3, 0.4) is 0 Å². The Morgan fingerprint density at radius 2 is 1.44 bits per heavy atom. The van der Waals surface area contributed by atoms with Gasteiger partial charge in [-0.05, 0) is 24.6 Å². The Morgan fingerprint density at radius 1 is 1.12 bits per heavy atom. The normalized spacial score (nSPS) is 8.56. The van der Waals surface area contributed by atoms with E-state index in [4.69, 9.17) is 20.1 Å². The molecule has 6 nitrogen and oxygen atoms in total. The molecule has 0 saturated carbocycles. The van der Waals surface area contributed by atoms with Crippen molar-refractivity contribution < 1.29 is 29.7 Å². The summed E-state index contributed by atoms with van der Waals surface area (Å²) in [5.74, 6) is -2.22. The van der Waals surface area contributed by atoms with Gasteiger partial charge in [-0.1, -0.05) is 6.07 Å². The van der Waals surface area contributed by atoms with Gasteiger partial charge in [-0.15, -0.1) is 0 Å². The van der Waals surface area contributed by atoms with E-state index in [1.165, 1.54) is 25.1 Å². The number of carboxylic acid groups (broad SMARTS) is 3. The maximum Gasteiger partial charge on any atom is 0.335 e. The monoisotopic (exact) mass is 226 g/mol. The number of rotatable bonds is 2. The summed E-state index contributed by atoms with van der Waals surface area (Å²) < 4.78 is 0. The van der Waals surface area contributed by atoms with E-state index >= 15 is 0 Å². The maximum absolute atomic E-state index is 10.6. The first-order chi connectivity index (χ1) is 7.45. The summed E-state index contributed by atoms with van der Waals surface area (Å²) in [6.45, 7) is 1.23. The second-order valence-corrected chi connectivity index (χ2v) is 2.69. The van der Waals surface area contributed by atoms with Crippen LogP contribution in [0, 0.1) is 6.92 Å². The third-order valence-electron chi connectivity index (χ3n) is 1.79. The first-order valence-corrected chi connectivity index (χ1v) is 4.09. The van der Waals surface area contributed by atoms with E-state index in [-0.39, 0.29) is 23.2 Å². The molecule has 3 N–H and O–H groups in total. The zero-order valence-corrected chi connectivity index (χ0v) is 8.38. The molecule has 1 rings (SSSR count). The average Bonchev–Trinajstić information content (AvgIpc) is 2.18. The van der Waals surface area contributed by atoms with Crippen molar-refractivity contribution in [3.05, 3.63) is 34.9 Å². The minimum atomic E-state index is -1.11. The van der Waals surface area contributed by atoms with Gasteiger partial charge in [-0.3, -0.25) is 4.79 Å². The summed E-state index contributed by atoms with van der Waals surface area (Å²) in [4.78, 5) is 29.6. The van der Waals surface area contributed by atoms with Crippen LogP contribution in [0.25, 0.3) is 0 Å². The van der Waals surface area contributed by atoms with Crippen LogP contribution in [0.2, 0.25) is 0 Å². The highest BCUT2D eigenvalue weighted by atomic mass is 16.4. The highest BCUT2D eigenvalue weighted by molar-refractivity contribution is 5.96. The first-order valence-electron chi connectivity index (χ1n) is 4.09. The summed E-state index contributed by atoms with van der Waals surface area (Å²) in [6, 6.07) is 4.17. The molecule has 0 bridgehead atoms. The highest BCUT2D eigenvalue weighted by Crippen LogP contribution is 2.13. The molecule has 1 aromatic carbocycles. The molecule has 0 aromatic heterocycles. The van der Waals surface area contributed by atoms with Gasteiger partial charge in [0.1, 0.15) is 0 Å². The zero-order valence-electron chi connectivity index (χ0n) is 8.38. The zero-order chi connectivity index (χ0) is 12.7. The molecule has 0 aliphatic carbocycles. The molecule has 0 spiro atoms. The van der Waals surface area contributed by atoms with Crippen LogP contribution in [0.15, 0.2) is 18.2 Å². The fourth-order valence-electron chi connectivity index (χ4n) is 1.10. The number of benzene rings is 1. The van der Waals surface area contributed by atoms with Gasteiger partial charge in [0.15, 0.2) is 0 Å². The van der Waals surface area contributed by atoms with E-state index < -0.39 is 11.9 Å². The number of carbonyl (C=O) groups is 3. The van der Waals surface area contributed by atoms with Crippen molar-refractivity contribution in [2.24, 2.45) is 0 Å². The number of aromatic carboxylic acids is 2. The van der Waals surface area contributed by atoms with Crippen molar-refractivity contribution in [1.82, 2.24) is 0 Å². The van der Waals surface area contributed by atoms with E-state index in [2.05, 4.69) is 0 Å². The van der Waals surface area contributed by atoms with Gasteiger partial charge in [0.05, 0.1) is 11.1 Å². The van der Waals surface area contributed by atoms with Crippen LogP contribution < -0.4 is 0 Å². The molecule has 16 heavy (non-hydrogen) atoms. The van der Waals surface area contributed by atoms with E-state index in [9.17, 15) is 9.59 Å². The molecule has 86 valence electrons. The van der Waals surface area contributed by atoms with Crippen molar-refractivity contribution in [1.29, 1.82) is 0 Å². The third kappa shape index (κ3) is 3.41.